The van der Waals surface area contributed by atoms with Crippen molar-refractivity contribution >= 4 is 17.4 Å². The van der Waals surface area contributed by atoms with Gasteiger partial charge in [-0.05, 0) is 24.6 Å². The first kappa shape index (κ1) is 15.6. The molecular formula is C13H19ClN2O3. The maximum atomic E-state index is 8.71. The molecule has 0 aliphatic heterocycles. The maximum Gasteiger partial charge on any atom is 0.173 e. The number of nitrogens with two attached hydrogens (primary N) is 1. The van der Waals surface area contributed by atoms with Gasteiger partial charge in [0.15, 0.2) is 5.84 Å². The lowest BCUT2D eigenvalue weighted by Gasteiger charge is -2.11. The Balaban J connectivity index is 2.53. The van der Waals surface area contributed by atoms with Crippen LogP contribution in [0, 0.1) is 0 Å². The molecule has 0 unspecified atom stereocenters. The molecule has 0 aliphatic rings. The maximum absolute atomic E-state index is 8.71. The van der Waals surface area contributed by atoms with E-state index in [4.69, 9.17) is 32.0 Å². The molecule has 1 aromatic carbocycles. The molecule has 19 heavy (non-hydrogen) atoms. The fourth-order valence-electron chi connectivity index (χ4n) is 1.44. The van der Waals surface area contributed by atoms with Gasteiger partial charge in [0.1, 0.15) is 12.4 Å². The van der Waals surface area contributed by atoms with E-state index in [9.17, 15) is 0 Å². The summed E-state index contributed by atoms with van der Waals surface area (Å²) in [7, 11) is 0. The smallest absolute Gasteiger partial charge is 0.173 e. The van der Waals surface area contributed by atoms with Crippen LogP contribution in [0.1, 0.15) is 25.3 Å². The molecule has 0 spiro atoms. The van der Waals surface area contributed by atoms with Crippen LogP contribution in [0.3, 0.4) is 0 Å². The number of halogens is 1. The van der Waals surface area contributed by atoms with Gasteiger partial charge in [0, 0.05) is 11.6 Å². The molecule has 0 saturated heterocycles. The number of hydrogen-bond donors (Lipinski definition) is 2. The van der Waals surface area contributed by atoms with Crippen LogP contribution in [-0.2, 0) is 4.74 Å². The van der Waals surface area contributed by atoms with Gasteiger partial charge < -0.3 is 20.4 Å². The van der Waals surface area contributed by atoms with Crippen molar-refractivity contribution in [1.82, 2.24) is 0 Å². The quantitative estimate of drug-likeness (QED) is 0.253. The number of nitrogens with zero attached hydrogens (tertiary/aromatic N) is 1. The second kappa shape index (κ2) is 8.61. The summed E-state index contributed by atoms with van der Waals surface area (Å²) in [4.78, 5) is 0. The predicted molar refractivity (Wildman–Crippen MR) is 75.2 cm³/mol. The summed E-state index contributed by atoms with van der Waals surface area (Å²) in [5, 5.41) is 12.2. The van der Waals surface area contributed by atoms with Crippen LogP contribution in [0.15, 0.2) is 23.4 Å². The van der Waals surface area contributed by atoms with Gasteiger partial charge in [-0.2, -0.15) is 0 Å². The molecule has 0 atom stereocenters. The normalized spacial score (nSPS) is 11.6. The van der Waals surface area contributed by atoms with Crippen molar-refractivity contribution in [3.63, 3.8) is 0 Å². The summed E-state index contributed by atoms with van der Waals surface area (Å²) in [6.07, 6.45) is 2.14. The van der Waals surface area contributed by atoms with E-state index in [0.717, 1.165) is 19.4 Å². The molecule has 0 saturated carbocycles. The van der Waals surface area contributed by atoms with Crippen molar-refractivity contribution in [1.29, 1.82) is 0 Å². The summed E-state index contributed by atoms with van der Waals surface area (Å²) in [5.41, 5.74) is 6.03. The van der Waals surface area contributed by atoms with Crippen LogP contribution in [0.2, 0.25) is 5.02 Å². The molecule has 1 aromatic rings. The van der Waals surface area contributed by atoms with Crippen LogP contribution < -0.4 is 10.5 Å². The van der Waals surface area contributed by atoms with Crippen molar-refractivity contribution < 1.29 is 14.7 Å². The molecule has 0 aliphatic carbocycles. The SMILES string of the molecule is CCCCOCCOc1ccc(Cl)cc1C(N)=NO. The summed E-state index contributed by atoms with van der Waals surface area (Å²) < 4.78 is 10.9. The zero-order valence-electron chi connectivity index (χ0n) is 10.9. The van der Waals surface area contributed by atoms with Crippen LogP contribution in [-0.4, -0.2) is 30.9 Å². The van der Waals surface area contributed by atoms with Gasteiger partial charge in [-0.15, -0.1) is 0 Å². The van der Waals surface area contributed by atoms with Crippen LogP contribution >= 0.6 is 11.6 Å². The summed E-state index contributed by atoms with van der Waals surface area (Å²) in [5.74, 6) is 0.475. The Kier molecular flexibility index (Phi) is 7.07. The second-order valence-electron chi connectivity index (χ2n) is 3.94. The molecule has 5 nitrogen and oxygen atoms in total. The fraction of sp³-hybridized carbons (Fsp3) is 0.462. The largest absolute Gasteiger partial charge is 0.490 e. The monoisotopic (exact) mass is 286 g/mol. The molecule has 0 bridgehead atoms. The van der Waals surface area contributed by atoms with E-state index >= 15 is 0 Å². The molecule has 6 heteroatoms. The van der Waals surface area contributed by atoms with E-state index in [1.807, 2.05) is 0 Å². The number of benzene rings is 1. The van der Waals surface area contributed by atoms with E-state index in [0.29, 0.717) is 29.5 Å². The Bertz CT molecular complexity index is 424. The minimum atomic E-state index is -0.0376. The van der Waals surface area contributed by atoms with Crippen molar-refractivity contribution in [2.75, 3.05) is 19.8 Å². The third kappa shape index (κ3) is 5.36. The number of oxime groups is 1. The zero-order chi connectivity index (χ0) is 14.1. The number of ether oxygens (including phenoxy) is 2. The summed E-state index contributed by atoms with van der Waals surface area (Å²) in [6.45, 7) is 3.74. The van der Waals surface area contributed by atoms with Crippen LogP contribution in [0.4, 0.5) is 0 Å². The molecule has 0 heterocycles. The highest BCUT2D eigenvalue weighted by atomic mass is 35.5. The van der Waals surface area contributed by atoms with Gasteiger partial charge in [-0.3, -0.25) is 0 Å². The molecule has 106 valence electrons. The van der Waals surface area contributed by atoms with Crippen molar-refractivity contribution in [3.05, 3.63) is 28.8 Å². The first-order valence-electron chi connectivity index (χ1n) is 6.17. The minimum Gasteiger partial charge on any atom is -0.490 e. The number of hydrogen-bond acceptors (Lipinski definition) is 4. The molecule has 0 fully saturated rings. The molecule has 0 radical (unpaired) electrons. The van der Waals surface area contributed by atoms with Crippen LogP contribution in [0.25, 0.3) is 0 Å². The van der Waals surface area contributed by atoms with Gasteiger partial charge >= 0.3 is 0 Å². The third-order valence-electron chi connectivity index (χ3n) is 2.45. The number of amidine groups is 1. The van der Waals surface area contributed by atoms with Gasteiger partial charge in [0.25, 0.3) is 0 Å². The summed E-state index contributed by atoms with van der Waals surface area (Å²) in [6, 6.07) is 4.95. The van der Waals surface area contributed by atoms with E-state index in [1.54, 1.807) is 18.2 Å². The fourth-order valence-corrected chi connectivity index (χ4v) is 1.61. The Morgan fingerprint density at radius 3 is 2.84 bits per heavy atom. The lowest BCUT2D eigenvalue weighted by atomic mass is 10.2. The zero-order valence-corrected chi connectivity index (χ0v) is 11.7. The van der Waals surface area contributed by atoms with Crippen molar-refractivity contribution in [3.8, 4) is 5.75 Å². The van der Waals surface area contributed by atoms with E-state index in [2.05, 4.69) is 12.1 Å². The lowest BCUT2D eigenvalue weighted by Crippen LogP contribution is -2.16. The van der Waals surface area contributed by atoms with E-state index < -0.39 is 0 Å². The number of unbranched alkanes of at least 4 members (excludes halogenated alkanes) is 1. The average molecular weight is 287 g/mol. The number of rotatable bonds is 8. The lowest BCUT2D eigenvalue weighted by molar-refractivity contribution is 0.0980. The molecule has 0 amide bonds. The molecule has 0 aromatic heterocycles. The molecule has 1 rings (SSSR count). The van der Waals surface area contributed by atoms with E-state index in [-0.39, 0.29) is 5.84 Å². The molecular weight excluding hydrogens is 268 g/mol. The first-order valence-corrected chi connectivity index (χ1v) is 6.54. The Morgan fingerprint density at radius 1 is 1.37 bits per heavy atom. The Hall–Kier alpha value is -1.46. The standard InChI is InChI=1S/C13H19ClN2O3/c1-2-3-6-18-7-8-19-12-5-4-10(14)9-11(12)13(15)16-17/h4-5,9,17H,2-3,6-8H2,1H3,(H2,15,16). The van der Waals surface area contributed by atoms with Gasteiger partial charge in [-0.25, -0.2) is 0 Å². The van der Waals surface area contributed by atoms with Crippen LogP contribution in [0.5, 0.6) is 5.75 Å². The second-order valence-corrected chi connectivity index (χ2v) is 4.38. The van der Waals surface area contributed by atoms with E-state index in [1.165, 1.54) is 0 Å². The Labute approximate surface area is 117 Å². The minimum absolute atomic E-state index is 0.0376. The first-order chi connectivity index (χ1) is 9.19. The highest BCUT2D eigenvalue weighted by molar-refractivity contribution is 6.31. The summed E-state index contributed by atoms with van der Waals surface area (Å²) >= 11 is 5.86. The van der Waals surface area contributed by atoms with Gasteiger partial charge in [0.05, 0.1) is 12.2 Å². The average Bonchev–Trinajstić information content (AvgIpc) is 2.43. The highest BCUT2D eigenvalue weighted by Gasteiger charge is 2.09. The molecule has 3 N–H and O–H groups in total. The topological polar surface area (TPSA) is 77.1 Å². The van der Waals surface area contributed by atoms with Crippen molar-refractivity contribution in [2.24, 2.45) is 10.9 Å². The Morgan fingerprint density at radius 2 is 2.16 bits per heavy atom. The van der Waals surface area contributed by atoms with Gasteiger partial charge in [0.2, 0.25) is 0 Å². The van der Waals surface area contributed by atoms with Gasteiger partial charge in [-0.1, -0.05) is 30.1 Å². The highest BCUT2D eigenvalue weighted by Crippen LogP contribution is 2.22. The predicted octanol–water partition coefficient (Wildman–Crippen LogP) is 2.63. The third-order valence-corrected chi connectivity index (χ3v) is 2.69. The van der Waals surface area contributed by atoms with Crippen molar-refractivity contribution in [2.45, 2.75) is 19.8 Å².